The Hall–Kier alpha value is -3.43. The number of nitrogens with zero attached hydrogens (tertiary/aromatic N) is 3. The first-order valence-electron chi connectivity index (χ1n) is 12.7. The number of nitrogens with one attached hydrogen (secondary N) is 2. The normalized spacial score (nSPS) is 24.5. The molecule has 2 fully saturated rings. The number of fused-ring (bicyclic) bond motifs is 3. The van der Waals surface area contributed by atoms with Crippen molar-refractivity contribution in [1.29, 1.82) is 0 Å². The highest BCUT2D eigenvalue weighted by atomic mass is 19.3. The van der Waals surface area contributed by atoms with Crippen molar-refractivity contribution in [2.75, 3.05) is 26.2 Å². The number of piperazine rings is 1. The van der Waals surface area contributed by atoms with Crippen molar-refractivity contribution in [3.05, 3.63) is 41.1 Å². The van der Waals surface area contributed by atoms with Crippen LogP contribution in [0.4, 0.5) is 13.6 Å². The number of rotatable bonds is 2. The summed E-state index contributed by atoms with van der Waals surface area (Å²) in [6.07, 6.45) is 0.239. The predicted octanol–water partition coefficient (Wildman–Crippen LogP) is 4.62. The van der Waals surface area contributed by atoms with Gasteiger partial charge >= 0.3 is 6.09 Å². The van der Waals surface area contributed by atoms with Gasteiger partial charge in [-0.1, -0.05) is 6.92 Å². The molecule has 2 aliphatic carbocycles. The molecule has 3 heterocycles. The molecule has 1 saturated carbocycles. The number of halogens is 2. The zero-order chi connectivity index (χ0) is 26.3. The van der Waals surface area contributed by atoms with E-state index in [9.17, 15) is 18.4 Å². The summed E-state index contributed by atoms with van der Waals surface area (Å²) < 4.78 is 34.1. The minimum atomic E-state index is -2.64. The third-order valence-electron chi connectivity index (χ3n) is 8.13. The lowest BCUT2D eigenvalue weighted by atomic mass is 9.87. The van der Waals surface area contributed by atoms with Crippen molar-refractivity contribution in [2.45, 2.75) is 52.1 Å². The lowest BCUT2D eigenvalue weighted by molar-refractivity contribution is 0.0141. The largest absolute Gasteiger partial charge is 0.444 e. The second kappa shape index (κ2) is 7.79. The third kappa shape index (κ3) is 3.79. The number of carbonyl (C=O) groups is 2. The average molecular weight is 512 g/mol. The lowest BCUT2D eigenvalue weighted by Crippen LogP contribution is -2.51. The monoisotopic (exact) mass is 511 g/mol. The van der Waals surface area contributed by atoms with E-state index < -0.39 is 22.9 Å². The van der Waals surface area contributed by atoms with Crippen LogP contribution in [0.5, 0.6) is 0 Å². The molecule has 2 N–H and O–H groups in total. The highest BCUT2D eigenvalue weighted by Crippen LogP contribution is 2.70. The van der Waals surface area contributed by atoms with E-state index in [0.29, 0.717) is 50.3 Å². The number of benzene rings is 1. The first-order chi connectivity index (χ1) is 17.4. The molecule has 0 spiro atoms. The summed E-state index contributed by atoms with van der Waals surface area (Å²) in [6.45, 7) is 8.83. The molecular formula is C27H31F2N5O3. The van der Waals surface area contributed by atoms with Crippen LogP contribution in [0.2, 0.25) is 0 Å². The fourth-order valence-corrected chi connectivity index (χ4v) is 5.82. The summed E-state index contributed by atoms with van der Waals surface area (Å²) in [5, 5.41) is 8.29. The number of hydrogen-bond acceptors (Lipinski definition) is 4. The van der Waals surface area contributed by atoms with Gasteiger partial charge < -0.3 is 19.5 Å². The Morgan fingerprint density at radius 2 is 1.81 bits per heavy atom. The maximum absolute atomic E-state index is 14.3. The molecule has 6 rings (SSSR count). The highest BCUT2D eigenvalue weighted by molar-refractivity contribution is 5.99. The van der Waals surface area contributed by atoms with Gasteiger partial charge in [-0.3, -0.25) is 9.89 Å². The lowest BCUT2D eigenvalue weighted by Gasteiger charge is -2.35. The van der Waals surface area contributed by atoms with Gasteiger partial charge in [0.2, 0.25) is 0 Å². The maximum atomic E-state index is 14.3. The van der Waals surface area contributed by atoms with Gasteiger partial charge in [0.1, 0.15) is 11.3 Å². The standard InChI is InChI=1S/C27H31F2N5O3/c1-25(2,3)37-24(36)34-9-7-33(8-10-34)23(35)15-5-6-18-16(11-15)12-19(30-18)22-17-13-21-26(4,27(21,28)29)14-20(17)31-32-22/h5-6,11-12,21,30H,7-10,13-14H2,1-4H3,(H,31,32). The predicted molar refractivity (Wildman–Crippen MR) is 134 cm³/mol. The Morgan fingerprint density at radius 3 is 2.51 bits per heavy atom. The Morgan fingerprint density at radius 1 is 1.11 bits per heavy atom. The van der Waals surface area contributed by atoms with E-state index in [1.807, 2.05) is 39.0 Å². The van der Waals surface area contributed by atoms with Gasteiger partial charge in [-0.05, 0) is 51.5 Å². The Labute approximate surface area is 213 Å². The minimum absolute atomic E-state index is 0.0964. The second-order valence-electron chi connectivity index (χ2n) is 11.7. The number of aromatic nitrogens is 3. The topological polar surface area (TPSA) is 94.3 Å². The van der Waals surface area contributed by atoms with Crippen molar-refractivity contribution < 1.29 is 23.1 Å². The van der Waals surface area contributed by atoms with E-state index >= 15 is 0 Å². The fraction of sp³-hybridized carbons (Fsp3) is 0.519. The van der Waals surface area contributed by atoms with Gasteiger partial charge in [0, 0.05) is 71.7 Å². The van der Waals surface area contributed by atoms with Crippen molar-refractivity contribution in [3.8, 4) is 11.4 Å². The zero-order valence-electron chi connectivity index (χ0n) is 21.5. The first-order valence-corrected chi connectivity index (χ1v) is 12.7. The molecule has 8 nitrogen and oxygen atoms in total. The van der Waals surface area contributed by atoms with Gasteiger partial charge in [-0.15, -0.1) is 0 Å². The van der Waals surface area contributed by atoms with Crippen LogP contribution in [0.25, 0.3) is 22.3 Å². The van der Waals surface area contributed by atoms with Crippen LogP contribution in [-0.4, -0.2) is 74.7 Å². The zero-order valence-corrected chi connectivity index (χ0v) is 21.5. The molecule has 2 amide bonds. The number of alkyl halides is 2. The van der Waals surface area contributed by atoms with E-state index in [0.717, 1.165) is 27.9 Å². The van der Waals surface area contributed by atoms with E-state index in [1.54, 1.807) is 22.8 Å². The Kier molecular flexibility index (Phi) is 5.04. The molecule has 1 saturated heterocycles. The molecule has 10 heteroatoms. The van der Waals surface area contributed by atoms with Crippen LogP contribution < -0.4 is 0 Å². The average Bonchev–Trinajstić information content (AvgIpc) is 3.23. The summed E-state index contributed by atoms with van der Waals surface area (Å²) in [6, 6.07) is 7.39. The number of hydrogen-bond donors (Lipinski definition) is 2. The first kappa shape index (κ1) is 23.9. The molecule has 2 unspecified atom stereocenters. The summed E-state index contributed by atoms with van der Waals surface area (Å²) in [5.41, 5.74) is 2.91. The Bertz CT molecular complexity index is 1410. The molecule has 2 aromatic heterocycles. The van der Waals surface area contributed by atoms with E-state index in [1.165, 1.54) is 0 Å². The Balaban J connectivity index is 1.17. The summed E-state index contributed by atoms with van der Waals surface area (Å²) in [5.74, 6) is -3.38. The van der Waals surface area contributed by atoms with Gasteiger partial charge in [-0.25, -0.2) is 13.6 Å². The summed E-state index contributed by atoms with van der Waals surface area (Å²) >= 11 is 0. The summed E-state index contributed by atoms with van der Waals surface area (Å²) in [7, 11) is 0. The van der Waals surface area contributed by atoms with Gasteiger partial charge in [0.25, 0.3) is 11.8 Å². The quantitative estimate of drug-likeness (QED) is 0.525. The number of aromatic amines is 2. The summed E-state index contributed by atoms with van der Waals surface area (Å²) in [4.78, 5) is 32.2. The van der Waals surface area contributed by atoms with Crippen LogP contribution >= 0.6 is 0 Å². The van der Waals surface area contributed by atoms with E-state index in [2.05, 4.69) is 15.2 Å². The molecule has 3 aromatic rings. The molecule has 1 aliphatic heterocycles. The molecule has 196 valence electrons. The SMILES string of the molecule is CC(C)(C)OC(=O)N1CCN(C(=O)c2ccc3[nH]c(-c4n[nH]c5c4CC4C(F)(F)C4(C)C5)cc3c2)CC1. The number of ether oxygens (including phenoxy) is 1. The number of carbonyl (C=O) groups excluding carboxylic acids is 2. The number of H-pyrrole nitrogens is 2. The maximum Gasteiger partial charge on any atom is 0.410 e. The van der Waals surface area contributed by atoms with Crippen molar-refractivity contribution in [2.24, 2.45) is 11.3 Å². The van der Waals surface area contributed by atoms with Crippen molar-refractivity contribution in [3.63, 3.8) is 0 Å². The molecule has 1 aromatic carbocycles. The fourth-order valence-electron chi connectivity index (χ4n) is 5.82. The minimum Gasteiger partial charge on any atom is -0.444 e. The van der Waals surface area contributed by atoms with Crippen molar-refractivity contribution in [1.82, 2.24) is 25.0 Å². The molecular weight excluding hydrogens is 480 g/mol. The van der Waals surface area contributed by atoms with E-state index in [-0.39, 0.29) is 12.0 Å². The highest BCUT2D eigenvalue weighted by Gasteiger charge is 2.78. The molecule has 2 atom stereocenters. The van der Waals surface area contributed by atoms with Crippen LogP contribution in [-0.2, 0) is 17.6 Å². The van der Waals surface area contributed by atoms with Crippen molar-refractivity contribution >= 4 is 22.9 Å². The van der Waals surface area contributed by atoms with E-state index in [4.69, 9.17) is 4.74 Å². The third-order valence-corrected chi connectivity index (χ3v) is 8.13. The van der Waals surface area contributed by atoms with Crippen LogP contribution in [0.1, 0.15) is 49.3 Å². The van der Waals surface area contributed by atoms with Gasteiger partial charge in [0.05, 0.1) is 5.69 Å². The smallest absolute Gasteiger partial charge is 0.410 e. The molecule has 0 radical (unpaired) electrons. The number of amides is 2. The molecule has 3 aliphatic rings. The van der Waals surface area contributed by atoms with Gasteiger partial charge in [-0.2, -0.15) is 5.10 Å². The van der Waals surface area contributed by atoms with Crippen LogP contribution in [0.3, 0.4) is 0 Å². The second-order valence-corrected chi connectivity index (χ2v) is 11.7. The van der Waals surface area contributed by atoms with Crippen LogP contribution in [0, 0.1) is 11.3 Å². The van der Waals surface area contributed by atoms with Crippen LogP contribution in [0.15, 0.2) is 24.3 Å². The molecule has 37 heavy (non-hydrogen) atoms. The molecule has 0 bridgehead atoms. The van der Waals surface area contributed by atoms with Gasteiger partial charge in [0.15, 0.2) is 0 Å².